The lowest BCUT2D eigenvalue weighted by molar-refractivity contribution is 0.0979. The van der Waals surface area contributed by atoms with Crippen molar-refractivity contribution in [2.75, 3.05) is 0 Å². The highest BCUT2D eigenvalue weighted by atomic mass is 16.3. The molecule has 1 aliphatic rings. The molecule has 8 nitrogen and oxygen atoms in total. The standard InChI is InChI=1S/C22H14N4O4/c1-11-15(10-23)21(29)26(2)22(30)18(11)25-24-16-9-5-8-14-17(16)20(28)13-7-4-3-6-12(13)19(14)27/h3-9,29H,1-2H3. The van der Waals surface area contributed by atoms with Crippen LogP contribution in [0.4, 0.5) is 11.4 Å². The number of rotatable bonds is 2. The van der Waals surface area contributed by atoms with Crippen LogP contribution >= 0.6 is 0 Å². The SMILES string of the molecule is Cc1c(C#N)c(O)n(C)c(=O)c1N=Nc1cccc2c1C(=O)c1ccccc1C2=O. The molecule has 30 heavy (non-hydrogen) atoms. The first-order valence-electron chi connectivity index (χ1n) is 8.92. The first kappa shape index (κ1) is 19.0. The van der Waals surface area contributed by atoms with Gasteiger partial charge < -0.3 is 5.11 Å². The van der Waals surface area contributed by atoms with Crippen LogP contribution in [0.2, 0.25) is 0 Å². The zero-order chi connectivity index (χ0) is 21.6. The molecule has 146 valence electrons. The summed E-state index contributed by atoms with van der Waals surface area (Å²) in [4.78, 5) is 38.3. The Balaban J connectivity index is 1.89. The minimum Gasteiger partial charge on any atom is -0.493 e. The van der Waals surface area contributed by atoms with E-state index in [1.807, 2.05) is 6.07 Å². The first-order valence-corrected chi connectivity index (χ1v) is 8.92. The molecule has 0 bridgehead atoms. The molecule has 2 aromatic carbocycles. The Labute approximate surface area is 170 Å². The van der Waals surface area contributed by atoms with Crippen molar-refractivity contribution in [1.82, 2.24) is 4.57 Å². The summed E-state index contributed by atoms with van der Waals surface area (Å²) >= 11 is 0. The number of nitrogens with zero attached hydrogens (tertiary/aromatic N) is 4. The molecule has 1 aliphatic carbocycles. The zero-order valence-corrected chi connectivity index (χ0v) is 16.0. The van der Waals surface area contributed by atoms with Crippen molar-refractivity contribution in [3.63, 3.8) is 0 Å². The average Bonchev–Trinajstić information content (AvgIpc) is 2.76. The van der Waals surface area contributed by atoms with E-state index in [-0.39, 0.29) is 50.8 Å². The highest BCUT2D eigenvalue weighted by molar-refractivity contribution is 6.29. The summed E-state index contributed by atoms with van der Waals surface area (Å²) in [7, 11) is 1.31. The number of benzene rings is 2. The number of carbonyl (C=O) groups is 2. The summed E-state index contributed by atoms with van der Waals surface area (Å²) in [6, 6.07) is 13.0. The second kappa shape index (κ2) is 6.90. The molecule has 0 saturated heterocycles. The number of hydrogen-bond acceptors (Lipinski definition) is 7. The number of aromatic nitrogens is 1. The van der Waals surface area contributed by atoms with Crippen LogP contribution in [0.25, 0.3) is 0 Å². The van der Waals surface area contributed by atoms with Crippen molar-refractivity contribution in [3.05, 3.63) is 86.2 Å². The van der Waals surface area contributed by atoms with Crippen LogP contribution in [0, 0.1) is 18.3 Å². The summed E-state index contributed by atoms with van der Waals surface area (Å²) in [5.74, 6) is -1.11. The molecule has 1 aromatic heterocycles. The minimum absolute atomic E-state index is 0.0960. The lowest BCUT2D eigenvalue weighted by Crippen LogP contribution is -2.20. The topological polar surface area (TPSA) is 125 Å². The zero-order valence-electron chi connectivity index (χ0n) is 16.0. The van der Waals surface area contributed by atoms with E-state index in [1.165, 1.54) is 20.0 Å². The van der Waals surface area contributed by atoms with Gasteiger partial charge in [-0.2, -0.15) is 5.26 Å². The maximum Gasteiger partial charge on any atom is 0.281 e. The summed E-state index contributed by atoms with van der Waals surface area (Å²) in [5.41, 5.74) is 0.341. The number of carbonyl (C=O) groups excluding carboxylic acids is 2. The molecule has 0 spiro atoms. The van der Waals surface area contributed by atoms with E-state index in [9.17, 15) is 24.8 Å². The fraction of sp³-hybridized carbons (Fsp3) is 0.0909. The molecule has 0 amide bonds. The molecule has 0 fully saturated rings. The number of hydrogen-bond donors (Lipinski definition) is 1. The lowest BCUT2D eigenvalue weighted by atomic mass is 9.83. The normalized spacial score (nSPS) is 12.6. The molecular formula is C22H14N4O4. The fourth-order valence-electron chi connectivity index (χ4n) is 3.43. The van der Waals surface area contributed by atoms with Crippen molar-refractivity contribution in [2.24, 2.45) is 17.3 Å². The Morgan fingerprint density at radius 3 is 2.23 bits per heavy atom. The monoisotopic (exact) mass is 398 g/mol. The number of aromatic hydroxyl groups is 1. The van der Waals surface area contributed by atoms with E-state index < -0.39 is 11.4 Å². The van der Waals surface area contributed by atoms with Gasteiger partial charge in [-0.05, 0) is 13.0 Å². The van der Waals surface area contributed by atoms with E-state index in [0.717, 1.165) is 4.57 Å². The van der Waals surface area contributed by atoms with Crippen LogP contribution in [-0.2, 0) is 7.05 Å². The smallest absolute Gasteiger partial charge is 0.281 e. The molecule has 0 atom stereocenters. The number of fused-ring (bicyclic) bond motifs is 2. The number of nitriles is 1. The summed E-state index contributed by atoms with van der Waals surface area (Å²) < 4.78 is 0.894. The minimum atomic E-state index is -0.648. The van der Waals surface area contributed by atoms with Gasteiger partial charge in [0.2, 0.25) is 5.88 Å². The molecule has 0 saturated carbocycles. The van der Waals surface area contributed by atoms with Crippen molar-refractivity contribution >= 4 is 22.9 Å². The highest BCUT2D eigenvalue weighted by Gasteiger charge is 2.31. The van der Waals surface area contributed by atoms with E-state index >= 15 is 0 Å². The molecule has 1 heterocycles. The third-order valence-electron chi connectivity index (χ3n) is 5.08. The van der Waals surface area contributed by atoms with Gasteiger partial charge in [0.05, 0.1) is 11.3 Å². The van der Waals surface area contributed by atoms with E-state index in [4.69, 9.17) is 0 Å². The Morgan fingerprint density at radius 1 is 0.933 bits per heavy atom. The van der Waals surface area contributed by atoms with Crippen LogP contribution in [0.15, 0.2) is 57.5 Å². The van der Waals surface area contributed by atoms with Crippen LogP contribution < -0.4 is 5.56 Å². The summed E-state index contributed by atoms with van der Waals surface area (Å²) in [6.45, 7) is 1.47. The summed E-state index contributed by atoms with van der Waals surface area (Å²) in [6.07, 6.45) is 0. The maximum absolute atomic E-state index is 13.0. The maximum atomic E-state index is 13.0. The van der Waals surface area contributed by atoms with Gasteiger partial charge in [0.25, 0.3) is 5.56 Å². The third kappa shape index (κ3) is 2.64. The Hall–Kier alpha value is -4.38. The van der Waals surface area contributed by atoms with Gasteiger partial charge in [-0.25, -0.2) is 0 Å². The van der Waals surface area contributed by atoms with Gasteiger partial charge in [-0.3, -0.25) is 19.0 Å². The molecule has 4 rings (SSSR count). The van der Waals surface area contributed by atoms with Gasteiger partial charge >= 0.3 is 0 Å². The molecule has 1 N–H and O–H groups in total. The van der Waals surface area contributed by atoms with Crippen LogP contribution in [0.5, 0.6) is 5.88 Å². The van der Waals surface area contributed by atoms with Crippen molar-refractivity contribution in [2.45, 2.75) is 6.92 Å². The number of pyridine rings is 1. The van der Waals surface area contributed by atoms with E-state index in [2.05, 4.69) is 10.2 Å². The molecule has 3 aromatic rings. The number of azo groups is 1. The van der Waals surface area contributed by atoms with Crippen molar-refractivity contribution in [1.29, 1.82) is 5.26 Å². The predicted octanol–water partition coefficient (Wildman–Crippen LogP) is 3.46. The number of ketones is 2. The Kier molecular flexibility index (Phi) is 4.36. The summed E-state index contributed by atoms with van der Waals surface area (Å²) in [5, 5.41) is 27.3. The molecule has 8 heteroatoms. The Morgan fingerprint density at radius 2 is 1.57 bits per heavy atom. The van der Waals surface area contributed by atoms with Crippen LogP contribution in [0.3, 0.4) is 0 Å². The largest absolute Gasteiger partial charge is 0.493 e. The second-order valence-corrected chi connectivity index (χ2v) is 6.75. The van der Waals surface area contributed by atoms with Gasteiger partial charge in [0.15, 0.2) is 17.3 Å². The van der Waals surface area contributed by atoms with Gasteiger partial charge in [0.1, 0.15) is 11.6 Å². The van der Waals surface area contributed by atoms with E-state index in [1.54, 1.807) is 36.4 Å². The quantitative estimate of drug-likeness (QED) is 0.518. The second-order valence-electron chi connectivity index (χ2n) is 6.75. The Bertz CT molecular complexity index is 1390. The third-order valence-corrected chi connectivity index (χ3v) is 5.08. The molecule has 0 aliphatic heterocycles. The molecule has 0 radical (unpaired) electrons. The molecular weight excluding hydrogens is 384 g/mol. The van der Waals surface area contributed by atoms with Gasteiger partial charge in [-0.1, -0.05) is 36.4 Å². The van der Waals surface area contributed by atoms with Crippen molar-refractivity contribution < 1.29 is 14.7 Å². The van der Waals surface area contributed by atoms with Gasteiger partial charge in [-0.15, -0.1) is 10.2 Å². The van der Waals surface area contributed by atoms with E-state index in [0.29, 0.717) is 5.56 Å². The van der Waals surface area contributed by atoms with Crippen LogP contribution in [0.1, 0.15) is 43.0 Å². The average molecular weight is 398 g/mol. The predicted molar refractivity (Wildman–Crippen MR) is 107 cm³/mol. The molecule has 0 unspecified atom stereocenters. The van der Waals surface area contributed by atoms with Crippen LogP contribution in [-0.4, -0.2) is 21.2 Å². The fourth-order valence-corrected chi connectivity index (χ4v) is 3.43. The van der Waals surface area contributed by atoms with Gasteiger partial charge in [0, 0.05) is 29.3 Å². The van der Waals surface area contributed by atoms with Crippen molar-refractivity contribution in [3.8, 4) is 11.9 Å². The highest BCUT2D eigenvalue weighted by Crippen LogP contribution is 2.34. The lowest BCUT2D eigenvalue weighted by Gasteiger charge is -2.18. The first-order chi connectivity index (χ1) is 14.4.